The first-order valence-electron chi connectivity index (χ1n) is 6.99. The van der Waals surface area contributed by atoms with Gasteiger partial charge in [0.1, 0.15) is 6.04 Å². The van der Waals surface area contributed by atoms with Crippen molar-refractivity contribution in [3.05, 3.63) is 0 Å². The van der Waals surface area contributed by atoms with Crippen molar-refractivity contribution in [1.29, 1.82) is 0 Å². The number of carbonyl (C=O) groups is 3. The monoisotopic (exact) mass is 315 g/mol. The number of carboxylic acid groups (broad SMARTS) is 1. The number of thioether (sulfide) groups is 1. The minimum absolute atomic E-state index is 0.0990. The van der Waals surface area contributed by atoms with Gasteiger partial charge in [0.15, 0.2) is 0 Å². The third-order valence-electron chi connectivity index (χ3n) is 3.87. The van der Waals surface area contributed by atoms with Gasteiger partial charge in [-0.3, -0.25) is 4.79 Å². The highest BCUT2D eigenvalue weighted by molar-refractivity contribution is 7.99. The topological polar surface area (TPSA) is 81.2 Å². The molecule has 2 saturated heterocycles. The Balaban J connectivity index is 2.02. The largest absolute Gasteiger partial charge is 0.480 e. The highest BCUT2D eigenvalue weighted by atomic mass is 32.2. The van der Waals surface area contributed by atoms with Gasteiger partial charge in [-0.25, -0.2) is 9.59 Å². The number of hydrogen-bond acceptors (Lipinski definition) is 4. The number of hydrogen-bond donors (Lipinski definition) is 1. The van der Waals surface area contributed by atoms with E-state index in [0.29, 0.717) is 31.1 Å². The zero-order chi connectivity index (χ0) is 15.6. The lowest BCUT2D eigenvalue weighted by molar-refractivity contribution is -0.150. The van der Waals surface area contributed by atoms with E-state index in [-0.39, 0.29) is 17.9 Å². The van der Waals surface area contributed by atoms with E-state index in [9.17, 15) is 14.4 Å². The number of carboxylic acids is 1. The summed E-state index contributed by atoms with van der Waals surface area (Å²) in [6.07, 6.45) is 1.48. The first-order valence-corrected chi connectivity index (χ1v) is 8.14. The summed E-state index contributed by atoms with van der Waals surface area (Å²) in [5.74, 6) is -0.514. The van der Waals surface area contributed by atoms with Crippen molar-refractivity contribution in [2.75, 3.05) is 38.8 Å². The van der Waals surface area contributed by atoms with Gasteiger partial charge in [-0.05, 0) is 12.8 Å². The Morgan fingerprint density at radius 3 is 2.62 bits per heavy atom. The van der Waals surface area contributed by atoms with Crippen LogP contribution in [0.15, 0.2) is 0 Å². The van der Waals surface area contributed by atoms with Crippen molar-refractivity contribution in [2.24, 2.45) is 5.92 Å². The van der Waals surface area contributed by atoms with Crippen LogP contribution in [0.25, 0.3) is 0 Å². The molecule has 0 radical (unpaired) electrons. The van der Waals surface area contributed by atoms with Crippen LogP contribution in [0.3, 0.4) is 0 Å². The Morgan fingerprint density at radius 2 is 2.00 bits per heavy atom. The molecule has 0 spiro atoms. The minimum atomic E-state index is -0.953. The first kappa shape index (κ1) is 15.9. The summed E-state index contributed by atoms with van der Waals surface area (Å²) in [5, 5.41) is 9.17. The molecule has 118 valence electrons. The highest BCUT2D eigenvalue weighted by Gasteiger charge is 2.39. The van der Waals surface area contributed by atoms with Gasteiger partial charge in [-0.15, -0.1) is 11.8 Å². The average molecular weight is 315 g/mol. The molecule has 2 fully saturated rings. The summed E-state index contributed by atoms with van der Waals surface area (Å²) in [6, 6.07) is -0.833. The molecule has 0 saturated carbocycles. The molecule has 1 N–H and O–H groups in total. The molecule has 2 rings (SSSR count). The number of amides is 3. The molecule has 0 bridgehead atoms. The predicted molar refractivity (Wildman–Crippen MR) is 79.0 cm³/mol. The van der Waals surface area contributed by atoms with Crippen LogP contribution in [-0.2, 0) is 9.59 Å². The fraction of sp³-hybridized carbons (Fsp3) is 0.769. The second-order valence-electron chi connectivity index (χ2n) is 5.62. The van der Waals surface area contributed by atoms with Gasteiger partial charge in [0, 0.05) is 32.9 Å². The summed E-state index contributed by atoms with van der Waals surface area (Å²) < 4.78 is 0. The standard InChI is InChI=1S/C13H21N3O4S/c1-14(2)13(20)15-5-3-4-9(6-15)11(17)16-8-21-7-10(16)12(18)19/h9-10H,3-8H2,1-2H3,(H,18,19)/t9?,10-/m0/s1. The van der Waals surface area contributed by atoms with E-state index in [1.807, 2.05) is 0 Å². The highest BCUT2D eigenvalue weighted by Crippen LogP contribution is 2.26. The summed E-state index contributed by atoms with van der Waals surface area (Å²) in [6.45, 7) is 1.03. The molecule has 2 aliphatic rings. The van der Waals surface area contributed by atoms with Crippen LogP contribution in [0.4, 0.5) is 4.79 Å². The quantitative estimate of drug-likeness (QED) is 0.796. The summed E-state index contributed by atoms with van der Waals surface area (Å²) >= 11 is 1.46. The van der Waals surface area contributed by atoms with E-state index in [4.69, 9.17) is 5.11 Å². The van der Waals surface area contributed by atoms with Crippen molar-refractivity contribution < 1.29 is 19.5 Å². The minimum Gasteiger partial charge on any atom is -0.480 e. The van der Waals surface area contributed by atoms with Gasteiger partial charge in [0.2, 0.25) is 5.91 Å². The second kappa shape index (κ2) is 6.55. The summed E-state index contributed by atoms with van der Waals surface area (Å²) in [7, 11) is 3.37. The van der Waals surface area contributed by atoms with Crippen LogP contribution in [0, 0.1) is 5.92 Å². The molecular formula is C13H21N3O4S. The van der Waals surface area contributed by atoms with Gasteiger partial charge in [0.25, 0.3) is 0 Å². The van der Waals surface area contributed by atoms with E-state index in [0.717, 1.165) is 6.42 Å². The van der Waals surface area contributed by atoms with E-state index in [1.165, 1.54) is 21.6 Å². The number of likely N-dealkylation sites (tertiary alicyclic amines) is 1. The fourth-order valence-corrected chi connectivity index (χ4v) is 3.89. The van der Waals surface area contributed by atoms with E-state index in [1.54, 1.807) is 19.0 Å². The fourth-order valence-electron chi connectivity index (χ4n) is 2.73. The van der Waals surface area contributed by atoms with Crippen LogP contribution in [0.1, 0.15) is 12.8 Å². The van der Waals surface area contributed by atoms with Gasteiger partial charge >= 0.3 is 12.0 Å². The zero-order valence-corrected chi connectivity index (χ0v) is 13.1. The molecule has 0 aromatic heterocycles. The Kier molecular flexibility index (Phi) is 4.97. The van der Waals surface area contributed by atoms with Gasteiger partial charge in [0.05, 0.1) is 11.8 Å². The first-order chi connectivity index (χ1) is 9.91. The Bertz CT molecular complexity index is 443. The van der Waals surface area contributed by atoms with Crippen molar-refractivity contribution in [3.63, 3.8) is 0 Å². The SMILES string of the molecule is CN(C)C(=O)N1CCCC(C(=O)N2CSC[C@H]2C(=O)O)C1. The van der Waals surface area contributed by atoms with Crippen LogP contribution in [0.5, 0.6) is 0 Å². The third kappa shape index (κ3) is 3.42. The third-order valence-corrected chi connectivity index (χ3v) is 4.89. The van der Waals surface area contributed by atoms with Crippen LogP contribution < -0.4 is 0 Å². The zero-order valence-electron chi connectivity index (χ0n) is 12.3. The van der Waals surface area contributed by atoms with Gasteiger partial charge < -0.3 is 19.8 Å². The van der Waals surface area contributed by atoms with E-state index < -0.39 is 12.0 Å². The Labute approximate surface area is 128 Å². The molecule has 21 heavy (non-hydrogen) atoms. The lowest BCUT2D eigenvalue weighted by Gasteiger charge is -2.35. The van der Waals surface area contributed by atoms with Gasteiger partial charge in [-0.1, -0.05) is 0 Å². The molecule has 2 atom stereocenters. The Hall–Kier alpha value is -1.44. The van der Waals surface area contributed by atoms with Crippen LogP contribution >= 0.6 is 11.8 Å². The molecule has 2 aliphatic heterocycles. The van der Waals surface area contributed by atoms with Crippen molar-refractivity contribution in [2.45, 2.75) is 18.9 Å². The predicted octanol–water partition coefficient (Wildman–Crippen LogP) is 0.366. The molecule has 8 heteroatoms. The van der Waals surface area contributed by atoms with E-state index in [2.05, 4.69) is 0 Å². The molecule has 7 nitrogen and oxygen atoms in total. The van der Waals surface area contributed by atoms with Crippen LogP contribution in [0.2, 0.25) is 0 Å². The number of urea groups is 1. The maximum atomic E-state index is 12.6. The molecule has 0 aromatic carbocycles. The Morgan fingerprint density at radius 1 is 1.29 bits per heavy atom. The van der Waals surface area contributed by atoms with Gasteiger partial charge in [-0.2, -0.15) is 0 Å². The van der Waals surface area contributed by atoms with E-state index >= 15 is 0 Å². The lowest BCUT2D eigenvalue weighted by atomic mass is 9.96. The second-order valence-corrected chi connectivity index (χ2v) is 6.62. The molecule has 0 aromatic rings. The van der Waals surface area contributed by atoms with Crippen molar-refractivity contribution >= 4 is 29.7 Å². The summed E-state index contributed by atoms with van der Waals surface area (Å²) in [4.78, 5) is 40.3. The molecule has 0 aliphatic carbocycles. The molecule has 3 amide bonds. The average Bonchev–Trinajstić information content (AvgIpc) is 2.95. The lowest BCUT2D eigenvalue weighted by Crippen LogP contribution is -2.51. The maximum absolute atomic E-state index is 12.6. The number of piperidine rings is 1. The number of aliphatic carboxylic acids is 1. The number of nitrogens with zero attached hydrogens (tertiary/aromatic N) is 3. The van der Waals surface area contributed by atoms with Crippen molar-refractivity contribution in [3.8, 4) is 0 Å². The molecular weight excluding hydrogens is 294 g/mol. The van der Waals surface area contributed by atoms with Crippen LogP contribution in [-0.4, -0.2) is 82.6 Å². The summed E-state index contributed by atoms with van der Waals surface area (Å²) in [5.41, 5.74) is 0. The number of rotatable bonds is 2. The smallest absolute Gasteiger partial charge is 0.327 e. The normalized spacial score (nSPS) is 25.8. The number of carbonyl (C=O) groups excluding carboxylic acids is 2. The molecule has 2 heterocycles. The maximum Gasteiger partial charge on any atom is 0.327 e. The molecule has 1 unspecified atom stereocenters. The van der Waals surface area contributed by atoms with Crippen molar-refractivity contribution in [1.82, 2.24) is 14.7 Å².